The summed E-state index contributed by atoms with van der Waals surface area (Å²) in [7, 11) is 4.35. The molecule has 0 saturated carbocycles. The van der Waals surface area contributed by atoms with Crippen LogP contribution in [0.15, 0.2) is 35.1 Å². The average molecular weight is 690 g/mol. The second-order valence-electron chi connectivity index (χ2n) is 12.9. The van der Waals surface area contributed by atoms with Crippen molar-refractivity contribution in [3.63, 3.8) is 0 Å². The summed E-state index contributed by atoms with van der Waals surface area (Å²) in [5, 5.41) is 16.1. The van der Waals surface area contributed by atoms with Crippen LogP contribution in [0.4, 0.5) is 19.0 Å². The van der Waals surface area contributed by atoms with Crippen LogP contribution in [-0.2, 0) is 50.3 Å². The van der Waals surface area contributed by atoms with Crippen LogP contribution in [-0.4, -0.2) is 95.1 Å². The highest BCUT2D eigenvalue weighted by atomic mass is 32.2. The zero-order valence-corrected chi connectivity index (χ0v) is 28.4. The molecule has 0 amide bonds. The SMILES string of the molecule is CN(C)c1ccc2c(n1)n(C1CCN(CC(O)Cn3nc(-c4ccc(C(F)(F)F)c(CN)c4)c4c3CCN(S(C)=O)C4)CC1)c(=O)n2C. The lowest BCUT2D eigenvalue weighted by molar-refractivity contribution is -0.138. The molecule has 3 aromatic heterocycles. The molecule has 1 aromatic carbocycles. The number of β-amino-alcohol motifs (C(OH)–C–C–N with tert-alkyl or cyclic N) is 1. The van der Waals surface area contributed by atoms with E-state index in [0.717, 1.165) is 41.5 Å². The molecule has 6 rings (SSSR count). The topological polar surface area (TPSA) is 131 Å². The van der Waals surface area contributed by atoms with Crippen LogP contribution < -0.4 is 16.3 Å². The molecule has 12 nitrogen and oxygen atoms in total. The number of hydrogen-bond acceptors (Lipinski definition) is 8. The van der Waals surface area contributed by atoms with Crippen LogP contribution in [0.3, 0.4) is 0 Å². The van der Waals surface area contributed by atoms with Gasteiger partial charge in [0, 0.05) is 96.0 Å². The highest BCUT2D eigenvalue weighted by molar-refractivity contribution is 7.81. The summed E-state index contributed by atoms with van der Waals surface area (Å²) in [5.74, 6) is 0.778. The smallest absolute Gasteiger partial charge is 0.390 e. The molecule has 3 N–H and O–H groups in total. The van der Waals surface area contributed by atoms with Crippen molar-refractivity contribution in [3.8, 4) is 11.3 Å². The number of aliphatic hydroxyl groups is 1. The summed E-state index contributed by atoms with van der Waals surface area (Å²) in [6.07, 6.45) is -1.72. The molecule has 2 aliphatic heterocycles. The van der Waals surface area contributed by atoms with Gasteiger partial charge in [-0.25, -0.2) is 18.3 Å². The quantitative estimate of drug-likeness (QED) is 0.274. The summed E-state index contributed by atoms with van der Waals surface area (Å²) in [4.78, 5) is 22.1. The molecule has 16 heteroatoms. The molecule has 0 aliphatic carbocycles. The lowest BCUT2D eigenvalue weighted by Gasteiger charge is -2.33. The second kappa shape index (κ2) is 13.4. The predicted molar refractivity (Wildman–Crippen MR) is 179 cm³/mol. The van der Waals surface area contributed by atoms with E-state index in [4.69, 9.17) is 15.8 Å². The normalized spacial score (nSPS) is 17.9. The van der Waals surface area contributed by atoms with E-state index in [1.807, 2.05) is 31.1 Å². The van der Waals surface area contributed by atoms with E-state index in [2.05, 4.69) is 4.90 Å². The van der Waals surface area contributed by atoms with Gasteiger partial charge in [-0.15, -0.1) is 0 Å². The van der Waals surface area contributed by atoms with E-state index in [0.29, 0.717) is 56.0 Å². The molecule has 48 heavy (non-hydrogen) atoms. The molecule has 2 atom stereocenters. The summed E-state index contributed by atoms with van der Waals surface area (Å²) in [6, 6.07) is 7.66. The Morgan fingerprint density at radius 2 is 1.85 bits per heavy atom. The van der Waals surface area contributed by atoms with Crippen molar-refractivity contribution in [2.45, 2.75) is 57.2 Å². The monoisotopic (exact) mass is 689 g/mol. The number of fused-ring (bicyclic) bond motifs is 2. The van der Waals surface area contributed by atoms with Crippen molar-refractivity contribution in [2.24, 2.45) is 12.8 Å². The van der Waals surface area contributed by atoms with Crippen LogP contribution in [0.25, 0.3) is 22.4 Å². The van der Waals surface area contributed by atoms with Gasteiger partial charge in [-0.05, 0) is 42.7 Å². The fourth-order valence-corrected chi connectivity index (χ4v) is 7.63. The fraction of sp³-hybridized carbons (Fsp3) is 0.531. The summed E-state index contributed by atoms with van der Waals surface area (Å²) in [6.45, 7) is 2.54. The Kier molecular flexibility index (Phi) is 9.56. The Hall–Kier alpha value is -3.57. The zero-order valence-electron chi connectivity index (χ0n) is 27.6. The minimum Gasteiger partial charge on any atom is -0.390 e. The molecular weight excluding hydrogens is 647 g/mol. The molecule has 2 unspecified atom stereocenters. The fourth-order valence-electron chi connectivity index (χ4n) is 6.97. The number of pyridine rings is 1. The van der Waals surface area contributed by atoms with Crippen molar-refractivity contribution in [2.75, 3.05) is 51.4 Å². The second-order valence-corrected chi connectivity index (χ2v) is 14.2. The number of hydrogen-bond donors (Lipinski definition) is 2. The third-order valence-electron chi connectivity index (χ3n) is 9.52. The summed E-state index contributed by atoms with van der Waals surface area (Å²) < 4.78 is 60.1. The first-order valence-electron chi connectivity index (χ1n) is 16.0. The minimum atomic E-state index is -4.53. The molecule has 260 valence electrons. The number of piperidine rings is 1. The summed E-state index contributed by atoms with van der Waals surface area (Å²) >= 11 is 0. The van der Waals surface area contributed by atoms with Crippen LogP contribution in [0.5, 0.6) is 0 Å². The number of nitrogens with two attached hydrogens (primary N) is 1. The van der Waals surface area contributed by atoms with Crippen LogP contribution >= 0.6 is 0 Å². The van der Waals surface area contributed by atoms with Crippen LogP contribution in [0, 0.1) is 0 Å². The van der Waals surface area contributed by atoms with Gasteiger partial charge in [0.2, 0.25) is 0 Å². The largest absolute Gasteiger partial charge is 0.416 e. The molecule has 0 spiro atoms. The van der Waals surface area contributed by atoms with Gasteiger partial charge in [0.15, 0.2) is 5.65 Å². The Morgan fingerprint density at radius 3 is 2.50 bits per heavy atom. The van der Waals surface area contributed by atoms with E-state index in [1.54, 1.807) is 31.4 Å². The van der Waals surface area contributed by atoms with Gasteiger partial charge >= 0.3 is 11.9 Å². The molecule has 0 radical (unpaired) electrons. The van der Waals surface area contributed by atoms with Crippen molar-refractivity contribution in [1.29, 1.82) is 0 Å². The van der Waals surface area contributed by atoms with E-state index in [1.165, 1.54) is 12.1 Å². The maximum absolute atomic E-state index is 13.6. The number of aliphatic hydroxyl groups excluding tert-OH is 1. The molecule has 4 aromatic rings. The lowest BCUT2D eigenvalue weighted by Crippen LogP contribution is -2.42. The number of halogens is 3. The number of benzene rings is 1. The number of aryl methyl sites for hydroxylation is 1. The molecule has 1 fully saturated rings. The van der Waals surface area contributed by atoms with E-state index >= 15 is 0 Å². The van der Waals surface area contributed by atoms with E-state index in [-0.39, 0.29) is 30.4 Å². The van der Waals surface area contributed by atoms with Gasteiger partial charge in [0.05, 0.1) is 40.4 Å². The first-order chi connectivity index (χ1) is 22.8. The first kappa shape index (κ1) is 34.3. The van der Waals surface area contributed by atoms with Crippen LogP contribution in [0.2, 0.25) is 0 Å². The molecule has 0 bridgehead atoms. The Balaban J connectivity index is 1.19. The van der Waals surface area contributed by atoms with E-state index < -0.39 is 28.8 Å². The molecular formula is C32H42F3N9O3S. The van der Waals surface area contributed by atoms with Crippen molar-refractivity contribution >= 4 is 28.0 Å². The number of likely N-dealkylation sites (tertiary alicyclic amines) is 1. The highest BCUT2D eigenvalue weighted by Gasteiger charge is 2.34. The van der Waals surface area contributed by atoms with E-state index in [9.17, 15) is 27.3 Å². The van der Waals surface area contributed by atoms with Gasteiger partial charge in [-0.1, -0.05) is 6.07 Å². The maximum atomic E-state index is 13.6. The third kappa shape index (κ3) is 6.55. The minimum absolute atomic E-state index is 0.0191. The lowest BCUT2D eigenvalue weighted by atomic mass is 9.97. The van der Waals surface area contributed by atoms with Crippen molar-refractivity contribution in [1.82, 2.24) is 33.1 Å². The van der Waals surface area contributed by atoms with Crippen molar-refractivity contribution in [3.05, 3.63) is 63.2 Å². The Morgan fingerprint density at radius 1 is 1.12 bits per heavy atom. The predicted octanol–water partition coefficient (Wildman–Crippen LogP) is 2.49. The Bertz CT molecular complexity index is 1890. The zero-order chi connectivity index (χ0) is 34.5. The van der Waals surface area contributed by atoms with Gasteiger partial charge in [-0.3, -0.25) is 13.8 Å². The van der Waals surface area contributed by atoms with Gasteiger partial charge in [-0.2, -0.15) is 18.3 Å². The highest BCUT2D eigenvalue weighted by Crippen LogP contribution is 2.36. The number of imidazole rings is 1. The molecule has 5 heterocycles. The number of anilines is 1. The maximum Gasteiger partial charge on any atom is 0.416 e. The van der Waals surface area contributed by atoms with Gasteiger partial charge < -0.3 is 20.6 Å². The average Bonchev–Trinajstić information content (AvgIpc) is 3.53. The van der Waals surface area contributed by atoms with Crippen LogP contribution in [0.1, 0.15) is 41.3 Å². The third-order valence-corrected chi connectivity index (χ3v) is 10.6. The number of rotatable bonds is 9. The summed E-state index contributed by atoms with van der Waals surface area (Å²) in [5.41, 5.74) is 8.93. The standard InChI is InChI=1S/C32H42F3N9O3S/c1-39(2)28-8-7-27-30(37-28)44(31(46)40(27)3)22-9-12-41(13-10-22)17-23(45)18-43-26-11-14-42(48(4)47)19-24(26)29(38-43)20-5-6-25(32(33,34)35)21(15-20)16-36/h5-8,15,22-23,45H,9-14,16-19,36H2,1-4H3. The number of aromatic nitrogens is 5. The van der Waals surface area contributed by atoms with Gasteiger partial charge in [0.1, 0.15) is 5.82 Å². The number of nitrogens with zero attached hydrogens (tertiary/aromatic N) is 8. The molecule has 1 saturated heterocycles. The Labute approximate surface area is 279 Å². The first-order valence-corrected chi connectivity index (χ1v) is 17.5. The number of alkyl halides is 3. The molecule has 2 aliphatic rings. The van der Waals surface area contributed by atoms with Crippen molar-refractivity contribution < 1.29 is 22.5 Å². The van der Waals surface area contributed by atoms with Gasteiger partial charge in [0.25, 0.3) is 0 Å².